The molecule has 2 aliphatic heterocycles. The molecule has 1 aromatic heterocycles. The molecule has 5 atom stereocenters. The zero-order valence-corrected chi connectivity index (χ0v) is 30.8. The van der Waals surface area contributed by atoms with Crippen molar-refractivity contribution in [1.82, 2.24) is 31.0 Å². The van der Waals surface area contributed by atoms with Gasteiger partial charge in [0.15, 0.2) is 6.29 Å². The van der Waals surface area contributed by atoms with Crippen molar-refractivity contribution in [1.29, 1.82) is 0 Å². The molecule has 14 heteroatoms. The second-order valence-corrected chi connectivity index (χ2v) is 14.9. The molecule has 6 rings (SSSR count). The molecule has 2 aliphatic rings. The zero-order valence-electron chi connectivity index (χ0n) is 30.0. The molecule has 3 aromatic carbocycles. The number of para-hydroxylation sites is 1. The molecule has 0 saturated carbocycles. The van der Waals surface area contributed by atoms with E-state index in [1.54, 1.807) is 24.3 Å². The van der Waals surface area contributed by atoms with Gasteiger partial charge in [0.05, 0.1) is 34.9 Å². The highest BCUT2D eigenvalue weighted by Gasteiger charge is 2.42. The summed E-state index contributed by atoms with van der Waals surface area (Å²) in [6.45, 7) is 4.19. The van der Waals surface area contributed by atoms with Crippen LogP contribution in [0.5, 0.6) is 0 Å². The van der Waals surface area contributed by atoms with Crippen molar-refractivity contribution in [2.24, 2.45) is 0 Å². The van der Waals surface area contributed by atoms with E-state index in [0.29, 0.717) is 48.6 Å². The van der Waals surface area contributed by atoms with Gasteiger partial charge in [0.1, 0.15) is 18.5 Å². The predicted octanol–water partition coefficient (Wildman–Crippen LogP) is 4.31. The van der Waals surface area contributed by atoms with Gasteiger partial charge in [0.25, 0.3) is 0 Å². The van der Waals surface area contributed by atoms with Gasteiger partial charge in [0.2, 0.25) is 5.91 Å². The zero-order chi connectivity index (χ0) is 38.0. The van der Waals surface area contributed by atoms with E-state index in [1.165, 1.54) is 6.08 Å². The molecular formula is C40H48N6O7S. The summed E-state index contributed by atoms with van der Waals surface area (Å²) in [4.78, 5) is 36.1. The maximum atomic E-state index is 12.3. The molecule has 13 nitrogen and oxygen atoms in total. The highest BCUT2D eigenvalue weighted by molar-refractivity contribution is 8.00. The average molecular weight is 757 g/mol. The molecule has 0 spiro atoms. The Labute approximate surface area is 318 Å². The summed E-state index contributed by atoms with van der Waals surface area (Å²) >= 11 is 1.87. The van der Waals surface area contributed by atoms with Crippen LogP contribution in [0, 0.1) is 0 Å². The molecule has 3 heterocycles. The number of nitrogens with one attached hydrogen (secondary N) is 4. The van der Waals surface area contributed by atoms with Gasteiger partial charge < -0.3 is 36.0 Å². The van der Waals surface area contributed by atoms with Crippen molar-refractivity contribution in [2.75, 3.05) is 18.9 Å². The molecule has 2 fully saturated rings. The minimum absolute atomic E-state index is 0.00440. The number of urea groups is 1. The number of aromatic nitrogens is 2. The normalized spacial score (nSPS) is 18.9. The van der Waals surface area contributed by atoms with E-state index in [9.17, 15) is 29.7 Å². The Balaban J connectivity index is 0.958. The lowest BCUT2D eigenvalue weighted by atomic mass is 10.0. The van der Waals surface area contributed by atoms with Crippen molar-refractivity contribution in [3.63, 3.8) is 0 Å². The molecule has 54 heavy (non-hydrogen) atoms. The van der Waals surface area contributed by atoms with Crippen LogP contribution in [0.25, 0.3) is 27.8 Å². The van der Waals surface area contributed by atoms with Crippen LogP contribution in [0.3, 0.4) is 0 Å². The number of rotatable bonds is 19. The lowest BCUT2D eigenvalue weighted by Crippen LogP contribution is -2.42. The number of hydrogen-bond donors (Lipinski definition) is 7. The van der Waals surface area contributed by atoms with Crippen LogP contribution in [0.15, 0.2) is 85.5 Å². The molecule has 2 saturated heterocycles. The smallest absolute Gasteiger partial charge is 0.338 e. The van der Waals surface area contributed by atoms with Gasteiger partial charge in [-0.2, -0.15) is 16.9 Å². The summed E-state index contributed by atoms with van der Waals surface area (Å²) in [7, 11) is 0. The van der Waals surface area contributed by atoms with Gasteiger partial charge in [-0.05, 0) is 68.0 Å². The van der Waals surface area contributed by atoms with Crippen LogP contribution in [0.2, 0.25) is 0 Å². The molecule has 0 radical (unpaired) electrons. The Bertz CT molecular complexity index is 1900. The molecule has 286 valence electrons. The number of hydrogen-bond acceptors (Lipinski definition) is 10. The SMILES string of the molecule is C=CCOC(=O)c1ccc(-c2nn(-c3ccc(C(O)N[C@@H](CCCCNC(=O)CCCCC4SCC5NC(=O)NC54)C(O)O)cc3)c3ccccc23)cc1. The van der Waals surface area contributed by atoms with E-state index in [1.807, 2.05) is 65.0 Å². The number of aliphatic hydroxyl groups excluding tert-OH is 2. The first-order valence-corrected chi connectivity index (χ1v) is 19.5. The summed E-state index contributed by atoms with van der Waals surface area (Å²) < 4.78 is 6.95. The van der Waals surface area contributed by atoms with Crippen LogP contribution in [-0.4, -0.2) is 91.6 Å². The fraction of sp³-hybridized carbons (Fsp3) is 0.400. The van der Waals surface area contributed by atoms with Gasteiger partial charge >= 0.3 is 12.0 Å². The fourth-order valence-corrected chi connectivity index (χ4v) is 8.50. The van der Waals surface area contributed by atoms with Gasteiger partial charge in [-0.3, -0.25) is 10.1 Å². The van der Waals surface area contributed by atoms with Crippen LogP contribution >= 0.6 is 11.8 Å². The Morgan fingerprint density at radius 2 is 1.78 bits per heavy atom. The third-order valence-electron chi connectivity index (χ3n) is 9.84. The molecule has 0 bridgehead atoms. The minimum atomic E-state index is -1.68. The number of unbranched alkanes of at least 4 members (excludes halogenated alkanes) is 2. The summed E-state index contributed by atoms with van der Waals surface area (Å²) in [5.41, 5.74) is 4.20. The Morgan fingerprint density at radius 1 is 1.00 bits per heavy atom. The third-order valence-corrected chi connectivity index (χ3v) is 11.4. The van der Waals surface area contributed by atoms with Gasteiger partial charge in [0, 0.05) is 34.9 Å². The monoisotopic (exact) mass is 756 g/mol. The number of fused-ring (bicyclic) bond motifs is 2. The van der Waals surface area contributed by atoms with Crippen LogP contribution in [-0.2, 0) is 9.53 Å². The molecule has 7 N–H and O–H groups in total. The van der Waals surface area contributed by atoms with Crippen molar-refractivity contribution < 1.29 is 34.4 Å². The highest BCUT2D eigenvalue weighted by Crippen LogP contribution is 2.33. The Kier molecular flexibility index (Phi) is 13.4. The summed E-state index contributed by atoms with van der Waals surface area (Å²) in [5, 5.41) is 49.1. The van der Waals surface area contributed by atoms with Gasteiger partial charge in [-0.1, -0.05) is 61.5 Å². The van der Waals surface area contributed by atoms with Crippen molar-refractivity contribution in [3.8, 4) is 16.9 Å². The third kappa shape index (κ3) is 9.68. The van der Waals surface area contributed by atoms with Crippen molar-refractivity contribution in [2.45, 2.75) is 80.8 Å². The number of nitrogens with zero attached hydrogens (tertiary/aromatic N) is 2. The standard InChI is InChI=1S/C40H48N6O7S/c1-2-23-53-39(51)27-16-14-25(15-17-27)35-29-9-3-4-11-32(29)46(45-35)28-20-18-26(19-21-28)37(48)42-30(38(49)50)10-7-8-22-41-34(47)13-6-5-12-33-36-31(24-54-33)43-40(52)44-36/h2-4,9,11,14-21,30-31,33,36-38,42,48-50H,1,5-8,10,12-13,22-24H2,(H,41,47)(H2,43,44,52)/t30-,31?,33?,36?,37?/m0/s1. The molecule has 4 aromatic rings. The fourth-order valence-electron chi connectivity index (χ4n) is 6.95. The van der Waals surface area contributed by atoms with E-state index < -0.39 is 24.5 Å². The first kappa shape index (κ1) is 39.0. The lowest BCUT2D eigenvalue weighted by molar-refractivity contribution is -0.121. The topological polar surface area (TPSA) is 187 Å². The maximum Gasteiger partial charge on any atom is 0.338 e. The second-order valence-electron chi connectivity index (χ2n) is 13.6. The van der Waals surface area contributed by atoms with E-state index >= 15 is 0 Å². The maximum absolute atomic E-state index is 12.3. The predicted molar refractivity (Wildman–Crippen MR) is 208 cm³/mol. The Hall–Kier alpha value is -4.73. The average Bonchev–Trinajstić information content (AvgIpc) is 3.87. The number of thioether (sulfide) groups is 1. The molecule has 4 unspecified atom stereocenters. The van der Waals surface area contributed by atoms with Gasteiger partial charge in [-0.15, -0.1) is 0 Å². The van der Waals surface area contributed by atoms with E-state index in [2.05, 4.69) is 27.8 Å². The number of benzene rings is 3. The number of carbonyl (C=O) groups excluding carboxylic acids is 3. The number of esters is 1. The number of carbonyl (C=O) groups is 3. The first-order chi connectivity index (χ1) is 26.2. The van der Waals surface area contributed by atoms with Crippen molar-refractivity contribution in [3.05, 3.63) is 96.6 Å². The lowest BCUT2D eigenvalue weighted by Gasteiger charge is -2.24. The molecule has 0 aliphatic carbocycles. The quantitative estimate of drug-likeness (QED) is 0.0239. The van der Waals surface area contributed by atoms with E-state index in [4.69, 9.17) is 9.84 Å². The van der Waals surface area contributed by atoms with Gasteiger partial charge in [-0.25, -0.2) is 14.3 Å². The van der Waals surface area contributed by atoms with Crippen LogP contribution in [0.1, 0.15) is 67.1 Å². The van der Waals surface area contributed by atoms with E-state index in [-0.39, 0.29) is 30.6 Å². The number of ether oxygens (including phenoxy) is 1. The van der Waals surface area contributed by atoms with E-state index in [0.717, 1.165) is 52.9 Å². The van der Waals surface area contributed by atoms with Crippen LogP contribution in [0.4, 0.5) is 4.79 Å². The first-order valence-electron chi connectivity index (χ1n) is 18.4. The summed E-state index contributed by atoms with van der Waals surface area (Å²) in [5.74, 6) is 0.495. The molecular weight excluding hydrogens is 709 g/mol. The minimum Gasteiger partial charge on any atom is -0.458 e. The van der Waals surface area contributed by atoms with Crippen molar-refractivity contribution >= 4 is 40.6 Å². The summed E-state index contributed by atoms with van der Waals surface area (Å²) in [6, 6.07) is 21.6. The number of amides is 3. The highest BCUT2D eigenvalue weighted by atomic mass is 32.2. The largest absolute Gasteiger partial charge is 0.458 e. The van der Waals surface area contributed by atoms with Crippen LogP contribution < -0.4 is 21.3 Å². The Morgan fingerprint density at radius 3 is 2.54 bits per heavy atom. The molecule has 3 amide bonds. The number of aliphatic hydroxyl groups is 3. The summed E-state index contributed by atoms with van der Waals surface area (Å²) in [6.07, 6.45) is 3.45. The second kappa shape index (κ2) is 18.5.